The molecule has 1 N–H and O–H groups in total. The molecule has 0 bridgehead atoms. The van der Waals surface area contributed by atoms with Gasteiger partial charge in [-0.25, -0.2) is 0 Å². The Balaban J connectivity index is 1.75. The summed E-state index contributed by atoms with van der Waals surface area (Å²) in [7, 11) is 0. The van der Waals surface area contributed by atoms with Crippen LogP contribution in [0.2, 0.25) is 0 Å². The molecule has 1 aliphatic carbocycles. The normalized spacial score (nSPS) is 26.3. The van der Waals surface area contributed by atoms with E-state index in [9.17, 15) is 4.79 Å². The molecule has 0 spiro atoms. The average Bonchev–Trinajstić information content (AvgIpc) is 2.39. The van der Waals surface area contributed by atoms with Gasteiger partial charge in [0.25, 0.3) is 0 Å². The standard InChI is InChI=1S/C18H33NO2/c1-15(18(20)21)16-13-19(14-16)17-11-9-7-5-3-2-4-6-8-10-12-17/h15-17H,2-14H2,1H3,(H,20,21). The van der Waals surface area contributed by atoms with E-state index in [1.807, 2.05) is 6.92 Å². The first-order valence-electron chi connectivity index (χ1n) is 9.15. The van der Waals surface area contributed by atoms with Crippen LogP contribution in [-0.2, 0) is 4.79 Å². The molecule has 0 aromatic rings. The fraction of sp³-hybridized carbons (Fsp3) is 0.944. The van der Waals surface area contributed by atoms with Crippen molar-refractivity contribution in [2.75, 3.05) is 13.1 Å². The molecule has 1 unspecified atom stereocenters. The van der Waals surface area contributed by atoms with Gasteiger partial charge in [-0.2, -0.15) is 0 Å². The second-order valence-corrected chi connectivity index (χ2v) is 7.25. The number of rotatable bonds is 3. The van der Waals surface area contributed by atoms with Crippen molar-refractivity contribution in [1.29, 1.82) is 0 Å². The first-order valence-corrected chi connectivity index (χ1v) is 9.15. The topological polar surface area (TPSA) is 40.5 Å². The molecule has 1 atom stereocenters. The van der Waals surface area contributed by atoms with Gasteiger partial charge in [0.1, 0.15) is 0 Å². The lowest BCUT2D eigenvalue weighted by Crippen LogP contribution is -2.55. The third-order valence-electron chi connectivity index (χ3n) is 5.63. The summed E-state index contributed by atoms with van der Waals surface area (Å²) in [5.74, 6) is -0.422. The van der Waals surface area contributed by atoms with Crippen LogP contribution in [0, 0.1) is 11.8 Å². The van der Waals surface area contributed by atoms with Gasteiger partial charge >= 0.3 is 5.97 Å². The summed E-state index contributed by atoms with van der Waals surface area (Å²) in [6.07, 6.45) is 15.3. The van der Waals surface area contributed by atoms with Gasteiger partial charge in [-0.3, -0.25) is 9.69 Å². The molecule has 0 aromatic heterocycles. The van der Waals surface area contributed by atoms with E-state index >= 15 is 0 Å². The monoisotopic (exact) mass is 295 g/mol. The third-order valence-corrected chi connectivity index (χ3v) is 5.63. The molecule has 1 heterocycles. The van der Waals surface area contributed by atoms with Crippen LogP contribution in [0.25, 0.3) is 0 Å². The Kier molecular flexibility index (Phi) is 7.01. The number of hydrogen-bond acceptors (Lipinski definition) is 2. The van der Waals surface area contributed by atoms with Gasteiger partial charge in [-0.15, -0.1) is 0 Å². The Hall–Kier alpha value is -0.570. The Morgan fingerprint density at radius 3 is 1.76 bits per heavy atom. The molecule has 0 aromatic carbocycles. The molecule has 3 heteroatoms. The van der Waals surface area contributed by atoms with Crippen LogP contribution in [0.15, 0.2) is 0 Å². The smallest absolute Gasteiger partial charge is 0.306 e. The van der Waals surface area contributed by atoms with Crippen molar-refractivity contribution in [3.63, 3.8) is 0 Å². The minimum atomic E-state index is -0.627. The molecule has 2 aliphatic rings. The Morgan fingerprint density at radius 1 is 0.905 bits per heavy atom. The fourth-order valence-electron chi connectivity index (χ4n) is 3.87. The van der Waals surface area contributed by atoms with Crippen LogP contribution in [0.1, 0.15) is 77.6 Å². The van der Waals surface area contributed by atoms with Crippen molar-refractivity contribution in [2.24, 2.45) is 11.8 Å². The van der Waals surface area contributed by atoms with Crippen LogP contribution >= 0.6 is 0 Å². The van der Waals surface area contributed by atoms with Gasteiger partial charge in [-0.05, 0) is 18.8 Å². The molecule has 0 amide bonds. The minimum Gasteiger partial charge on any atom is -0.481 e. The minimum absolute atomic E-state index is 0.174. The van der Waals surface area contributed by atoms with Crippen LogP contribution in [0.4, 0.5) is 0 Å². The summed E-state index contributed by atoms with van der Waals surface area (Å²) in [5, 5.41) is 9.10. The number of hydrogen-bond donors (Lipinski definition) is 1. The Bertz CT molecular complexity index is 300. The average molecular weight is 295 g/mol. The highest BCUT2D eigenvalue weighted by Crippen LogP contribution is 2.30. The summed E-state index contributed by atoms with van der Waals surface area (Å²) in [4.78, 5) is 13.6. The molecule has 1 saturated carbocycles. The van der Waals surface area contributed by atoms with E-state index in [-0.39, 0.29) is 5.92 Å². The summed E-state index contributed by atoms with van der Waals surface area (Å²) in [6.45, 7) is 3.89. The predicted molar refractivity (Wildman–Crippen MR) is 86.4 cm³/mol. The van der Waals surface area contributed by atoms with E-state index in [1.165, 1.54) is 70.6 Å². The third kappa shape index (κ3) is 5.28. The summed E-state index contributed by atoms with van der Waals surface area (Å²) >= 11 is 0. The van der Waals surface area contributed by atoms with E-state index in [0.717, 1.165) is 19.1 Å². The molecule has 1 saturated heterocycles. The first-order chi connectivity index (χ1) is 10.2. The van der Waals surface area contributed by atoms with Gasteiger partial charge in [0, 0.05) is 19.1 Å². The first kappa shape index (κ1) is 16.8. The van der Waals surface area contributed by atoms with Crippen LogP contribution in [0.3, 0.4) is 0 Å². The molecule has 1 aliphatic heterocycles. The highest BCUT2D eigenvalue weighted by molar-refractivity contribution is 5.70. The lowest BCUT2D eigenvalue weighted by molar-refractivity contribution is -0.146. The van der Waals surface area contributed by atoms with E-state index in [2.05, 4.69) is 4.90 Å². The van der Waals surface area contributed by atoms with Gasteiger partial charge < -0.3 is 5.11 Å². The number of carboxylic acid groups (broad SMARTS) is 1. The number of carboxylic acids is 1. The zero-order valence-electron chi connectivity index (χ0n) is 13.7. The molecular weight excluding hydrogens is 262 g/mol. The van der Waals surface area contributed by atoms with E-state index in [1.54, 1.807) is 0 Å². The number of nitrogens with zero attached hydrogens (tertiary/aromatic N) is 1. The molecule has 2 rings (SSSR count). The lowest BCUT2D eigenvalue weighted by atomic mass is 9.84. The van der Waals surface area contributed by atoms with Gasteiger partial charge in [0.05, 0.1) is 5.92 Å². The van der Waals surface area contributed by atoms with E-state index in [4.69, 9.17) is 5.11 Å². The highest BCUT2D eigenvalue weighted by Gasteiger charge is 2.37. The molecule has 3 nitrogen and oxygen atoms in total. The maximum absolute atomic E-state index is 11.1. The number of aliphatic carboxylic acids is 1. The van der Waals surface area contributed by atoms with Crippen molar-refractivity contribution in [2.45, 2.75) is 83.6 Å². The SMILES string of the molecule is CC(C(=O)O)C1CN(C2CCCCCCCCCCC2)C1. The second kappa shape index (κ2) is 8.77. The molecule has 2 fully saturated rings. The van der Waals surface area contributed by atoms with Crippen molar-refractivity contribution in [3.05, 3.63) is 0 Å². The van der Waals surface area contributed by atoms with E-state index in [0.29, 0.717) is 5.92 Å². The Labute approximate surface area is 130 Å². The molecule has 0 radical (unpaired) electrons. The fourth-order valence-corrected chi connectivity index (χ4v) is 3.87. The summed E-state index contributed by atoms with van der Waals surface area (Å²) < 4.78 is 0. The molecular formula is C18H33NO2. The summed E-state index contributed by atoms with van der Waals surface area (Å²) in [6, 6.07) is 0.724. The van der Waals surface area contributed by atoms with Gasteiger partial charge in [-0.1, -0.05) is 64.7 Å². The number of likely N-dealkylation sites (tertiary alicyclic amines) is 1. The lowest BCUT2D eigenvalue weighted by Gasteiger charge is -2.46. The Morgan fingerprint density at radius 2 is 1.33 bits per heavy atom. The molecule has 122 valence electrons. The zero-order valence-corrected chi connectivity index (χ0v) is 13.7. The van der Waals surface area contributed by atoms with Crippen LogP contribution in [-0.4, -0.2) is 35.1 Å². The maximum Gasteiger partial charge on any atom is 0.306 e. The second-order valence-electron chi connectivity index (χ2n) is 7.25. The predicted octanol–water partition coefficient (Wildman–Crippen LogP) is 4.31. The highest BCUT2D eigenvalue weighted by atomic mass is 16.4. The number of carbonyl (C=O) groups is 1. The molecule has 21 heavy (non-hydrogen) atoms. The largest absolute Gasteiger partial charge is 0.481 e. The van der Waals surface area contributed by atoms with Crippen LogP contribution < -0.4 is 0 Å². The van der Waals surface area contributed by atoms with Crippen LogP contribution in [0.5, 0.6) is 0 Å². The van der Waals surface area contributed by atoms with Crippen molar-refractivity contribution < 1.29 is 9.90 Å². The van der Waals surface area contributed by atoms with Crippen molar-refractivity contribution in [1.82, 2.24) is 4.90 Å². The van der Waals surface area contributed by atoms with Crippen molar-refractivity contribution in [3.8, 4) is 0 Å². The summed E-state index contributed by atoms with van der Waals surface area (Å²) in [5.41, 5.74) is 0. The van der Waals surface area contributed by atoms with Crippen molar-refractivity contribution >= 4 is 5.97 Å². The zero-order chi connectivity index (χ0) is 15.1. The quantitative estimate of drug-likeness (QED) is 0.843. The van der Waals surface area contributed by atoms with E-state index < -0.39 is 5.97 Å². The maximum atomic E-state index is 11.1. The van der Waals surface area contributed by atoms with Gasteiger partial charge in [0.2, 0.25) is 0 Å². The van der Waals surface area contributed by atoms with Gasteiger partial charge in [0.15, 0.2) is 0 Å².